The second-order valence-electron chi connectivity index (χ2n) is 5.23. The Balaban J connectivity index is 1.82. The van der Waals surface area contributed by atoms with Crippen molar-refractivity contribution in [2.24, 2.45) is 0 Å². The van der Waals surface area contributed by atoms with E-state index >= 15 is 0 Å². The molecule has 0 bridgehead atoms. The van der Waals surface area contributed by atoms with Gasteiger partial charge in [-0.3, -0.25) is 9.78 Å². The average Bonchev–Trinajstić information content (AvgIpc) is 2.86. The molecule has 1 unspecified atom stereocenters. The molecule has 0 aliphatic heterocycles. The summed E-state index contributed by atoms with van der Waals surface area (Å²) in [7, 11) is 0. The predicted molar refractivity (Wildman–Crippen MR) is 79.9 cm³/mol. The van der Waals surface area contributed by atoms with Crippen molar-refractivity contribution in [3.8, 4) is 0 Å². The number of rotatable bonds is 4. The van der Waals surface area contributed by atoms with E-state index in [2.05, 4.69) is 23.3 Å². The molecule has 4 nitrogen and oxygen atoms in total. The van der Waals surface area contributed by atoms with Crippen LogP contribution in [0.3, 0.4) is 0 Å². The third-order valence-corrected chi connectivity index (χ3v) is 3.75. The first-order chi connectivity index (χ1) is 9.78. The van der Waals surface area contributed by atoms with Crippen LogP contribution < -0.4 is 10.9 Å². The summed E-state index contributed by atoms with van der Waals surface area (Å²) < 4.78 is 1.76. The summed E-state index contributed by atoms with van der Waals surface area (Å²) in [5, 5.41) is 3.50. The van der Waals surface area contributed by atoms with E-state index in [9.17, 15) is 4.79 Å². The minimum absolute atomic E-state index is 0.0577. The maximum Gasteiger partial charge on any atom is 0.250 e. The largest absolute Gasteiger partial charge is 0.375 e. The number of aromatic nitrogens is 2. The summed E-state index contributed by atoms with van der Waals surface area (Å²) in [5.41, 5.74) is 3.51. The Morgan fingerprint density at radius 1 is 1.40 bits per heavy atom. The maximum atomic E-state index is 11.7. The van der Waals surface area contributed by atoms with Crippen LogP contribution in [0.4, 0.5) is 5.69 Å². The summed E-state index contributed by atoms with van der Waals surface area (Å²) >= 11 is 0. The van der Waals surface area contributed by atoms with Gasteiger partial charge in [0.1, 0.15) is 0 Å². The first kappa shape index (κ1) is 12.9. The van der Waals surface area contributed by atoms with E-state index < -0.39 is 0 Å². The second-order valence-corrected chi connectivity index (χ2v) is 5.23. The lowest BCUT2D eigenvalue weighted by molar-refractivity contribution is 0.652. The number of fused-ring (bicyclic) bond motifs is 1. The zero-order valence-corrected chi connectivity index (χ0v) is 11.7. The minimum Gasteiger partial charge on any atom is -0.375 e. The highest BCUT2D eigenvalue weighted by Gasteiger charge is 2.23. The second kappa shape index (κ2) is 5.49. The lowest BCUT2D eigenvalue weighted by Gasteiger charge is -2.15. The molecule has 2 aromatic heterocycles. The summed E-state index contributed by atoms with van der Waals surface area (Å²) in [6.45, 7) is 2.83. The third-order valence-electron chi connectivity index (χ3n) is 3.75. The number of pyridine rings is 2. The standard InChI is InChI=1S/C16H19N3O/c1-2-10-19-11-13(6-8-15(19)20)18-14-7-5-12-4-3-9-17-16(12)14/h3-4,6,8-9,11,14,18H,2,5,7,10H2,1H3. The van der Waals surface area contributed by atoms with Crippen LogP contribution in [0.2, 0.25) is 0 Å². The Labute approximate surface area is 118 Å². The van der Waals surface area contributed by atoms with E-state index in [1.54, 1.807) is 10.6 Å². The van der Waals surface area contributed by atoms with Crippen LogP contribution in [-0.4, -0.2) is 9.55 Å². The molecule has 1 atom stereocenters. The first-order valence-electron chi connectivity index (χ1n) is 7.18. The zero-order valence-electron chi connectivity index (χ0n) is 11.7. The van der Waals surface area contributed by atoms with Crippen LogP contribution in [0.25, 0.3) is 0 Å². The van der Waals surface area contributed by atoms with Gasteiger partial charge < -0.3 is 9.88 Å². The number of aryl methyl sites for hydroxylation is 2. The van der Waals surface area contributed by atoms with E-state index in [-0.39, 0.29) is 11.6 Å². The smallest absolute Gasteiger partial charge is 0.250 e. The van der Waals surface area contributed by atoms with E-state index in [0.717, 1.165) is 37.2 Å². The Morgan fingerprint density at radius 2 is 2.30 bits per heavy atom. The van der Waals surface area contributed by atoms with Gasteiger partial charge in [-0.2, -0.15) is 0 Å². The molecule has 1 aliphatic rings. The lowest BCUT2D eigenvalue weighted by atomic mass is 10.2. The summed E-state index contributed by atoms with van der Waals surface area (Å²) in [4.78, 5) is 16.2. The highest BCUT2D eigenvalue weighted by molar-refractivity contribution is 5.45. The molecule has 0 spiro atoms. The highest BCUT2D eigenvalue weighted by Crippen LogP contribution is 2.31. The number of hydrogen-bond acceptors (Lipinski definition) is 3. The lowest BCUT2D eigenvalue weighted by Crippen LogP contribution is -2.19. The van der Waals surface area contributed by atoms with Crippen molar-refractivity contribution in [1.82, 2.24) is 9.55 Å². The zero-order chi connectivity index (χ0) is 13.9. The third kappa shape index (κ3) is 2.46. The number of nitrogens with one attached hydrogen (secondary N) is 1. The maximum absolute atomic E-state index is 11.7. The summed E-state index contributed by atoms with van der Waals surface area (Å²) in [6.07, 6.45) is 6.83. The predicted octanol–water partition coefficient (Wildman–Crippen LogP) is 2.75. The summed E-state index contributed by atoms with van der Waals surface area (Å²) in [6, 6.07) is 7.87. The molecular weight excluding hydrogens is 250 g/mol. The van der Waals surface area contributed by atoms with Crippen LogP contribution in [0.15, 0.2) is 41.5 Å². The molecule has 0 fully saturated rings. The van der Waals surface area contributed by atoms with Gasteiger partial charge in [-0.15, -0.1) is 0 Å². The fourth-order valence-electron chi connectivity index (χ4n) is 2.79. The fraction of sp³-hybridized carbons (Fsp3) is 0.375. The van der Waals surface area contributed by atoms with E-state index in [4.69, 9.17) is 0 Å². The molecule has 0 saturated heterocycles. The Kier molecular flexibility index (Phi) is 3.54. The monoisotopic (exact) mass is 269 g/mol. The molecule has 0 saturated carbocycles. The quantitative estimate of drug-likeness (QED) is 0.928. The van der Waals surface area contributed by atoms with Gasteiger partial charge in [-0.25, -0.2) is 0 Å². The van der Waals surface area contributed by atoms with Crippen molar-refractivity contribution >= 4 is 5.69 Å². The van der Waals surface area contributed by atoms with Crippen molar-refractivity contribution in [2.45, 2.75) is 38.8 Å². The SMILES string of the molecule is CCCn1cc(NC2CCc3cccnc32)ccc1=O. The molecule has 20 heavy (non-hydrogen) atoms. The molecule has 3 rings (SSSR count). The molecule has 0 radical (unpaired) electrons. The van der Waals surface area contributed by atoms with Crippen molar-refractivity contribution in [2.75, 3.05) is 5.32 Å². The van der Waals surface area contributed by atoms with Crippen molar-refractivity contribution < 1.29 is 0 Å². The molecule has 0 aromatic carbocycles. The highest BCUT2D eigenvalue weighted by atomic mass is 16.1. The van der Waals surface area contributed by atoms with Gasteiger partial charge >= 0.3 is 0 Å². The Bertz CT molecular complexity index is 663. The van der Waals surface area contributed by atoms with Crippen LogP contribution in [0.5, 0.6) is 0 Å². The fourth-order valence-corrected chi connectivity index (χ4v) is 2.79. The van der Waals surface area contributed by atoms with E-state index in [1.807, 2.05) is 24.5 Å². The van der Waals surface area contributed by atoms with Gasteiger partial charge in [0.05, 0.1) is 17.4 Å². The van der Waals surface area contributed by atoms with Gasteiger partial charge in [0.15, 0.2) is 0 Å². The molecule has 2 aromatic rings. The van der Waals surface area contributed by atoms with Crippen molar-refractivity contribution in [1.29, 1.82) is 0 Å². The Morgan fingerprint density at radius 3 is 3.15 bits per heavy atom. The van der Waals surface area contributed by atoms with Crippen LogP contribution in [0.1, 0.15) is 37.1 Å². The van der Waals surface area contributed by atoms with Gasteiger partial charge in [0.2, 0.25) is 0 Å². The van der Waals surface area contributed by atoms with Crippen LogP contribution >= 0.6 is 0 Å². The molecule has 0 amide bonds. The Hall–Kier alpha value is -2.10. The average molecular weight is 269 g/mol. The molecule has 4 heteroatoms. The van der Waals surface area contributed by atoms with Crippen molar-refractivity contribution in [3.63, 3.8) is 0 Å². The number of hydrogen-bond donors (Lipinski definition) is 1. The van der Waals surface area contributed by atoms with Crippen LogP contribution in [-0.2, 0) is 13.0 Å². The van der Waals surface area contributed by atoms with E-state index in [1.165, 1.54) is 5.56 Å². The number of nitrogens with zero attached hydrogens (tertiary/aromatic N) is 2. The number of anilines is 1. The molecular formula is C16H19N3O. The van der Waals surface area contributed by atoms with Gasteiger partial charge in [0, 0.05) is 25.0 Å². The topological polar surface area (TPSA) is 46.9 Å². The van der Waals surface area contributed by atoms with Gasteiger partial charge in [0.25, 0.3) is 5.56 Å². The van der Waals surface area contributed by atoms with Gasteiger partial charge in [-0.1, -0.05) is 13.0 Å². The molecule has 104 valence electrons. The van der Waals surface area contributed by atoms with Crippen molar-refractivity contribution in [3.05, 3.63) is 58.3 Å². The van der Waals surface area contributed by atoms with Crippen LogP contribution in [0, 0.1) is 0 Å². The first-order valence-corrected chi connectivity index (χ1v) is 7.18. The minimum atomic E-state index is 0.0577. The normalized spacial score (nSPS) is 16.9. The summed E-state index contributed by atoms with van der Waals surface area (Å²) in [5.74, 6) is 0. The van der Waals surface area contributed by atoms with E-state index in [0.29, 0.717) is 0 Å². The molecule has 2 heterocycles. The molecule has 1 aliphatic carbocycles. The van der Waals surface area contributed by atoms with Gasteiger partial charge in [-0.05, 0) is 37.0 Å². The molecule has 1 N–H and O–H groups in total.